The molecule has 0 aliphatic heterocycles. The van der Waals surface area contributed by atoms with Gasteiger partial charge in [0.25, 0.3) is 0 Å². The van der Waals surface area contributed by atoms with Crippen LogP contribution in [0.5, 0.6) is 0 Å². The van der Waals surface area contributed by atoms with E-state index >= 15 is 0 Å². The lowest BCUT2D eigenvalue weighted by Gasteiger charge is -2.37. The topological polar surface area (TPSA) is 0 Å². The molecule has 0 saturated heterocycles. The molecule has 0 aliphatic carbocycles. The molecule has 0 spiro atoms. The normalized spacial score (nSPS) is 11.7. The fourth-order valence-electron chi connectivity index (χ4n) is 2.91. The van der Waals surface area contributed by atoms with E-state index in [0.29, 0.717) is 0 Å². The summed E-state index contributed by atoms with van der Waals surface area (Å²) in [6.07, 6.45) is 0. The zero-order valence-corrected chi connectivity index (χ0v) is 20.3. The van der Waals surface area contributed by atoms with Crippen molar-refractivity contribution in [3.63, 3.8) is 0 Å². The maximum absolute atomic E-state index is 2.34. The summed E-state index contributed by atoms with van der Waals surface area (Å²) in [5.74, 6) is 2.65. The van der Waals surface area contributed by atoms with Crippen molar-refractivity contribution < 1.29 is 56.9 Å². The van der Waals surface area contributed by atoms with E-state index in [1.165, 1.54) is 72.8 Å². The average Bonchev–Trinajstić information content (AvgIpc) is 2.48. The van der Waals surface area contributed by atoms with Crippen LogP contribution in [0.15, 0.2) is 0 Å². The molecule has 0 unspecified atom stereocenters. The van der Waals surface area contributed by atoms with E-state index in [1.54, 1.807) is 0 Å². The van der Waals surface area contributed by atoms with Crippen LogP contribution in [-0.2, 0) is 0 Å². The first-order valence-electron chi connectivity index (χ1n) is 8.35. The van der Waals surface area contributed by atoms with E-state index in [-0.39, 0.29) is 48.0 Å². The molecule has 0 heterocycles. The van der Waals surface area contributed by atoms with Gasteiger partial charge < -0.3 is 56.9 Å². The molecule has 0 aromatic heterocycles. The number of quaternary nitrogens is 2. The van der Waals surface area contributed by atoms with E-state index in [1.807, 2.05) is 0 Å². The molecular formula is C16H38I2N2S. The van der Waals surface area contributed by atoms with Crippen LogP contribution in [0.2, 0.25) is 0 Å². The third-order valence-corrected chi connectivity index (χ3v) is 6.39. The van der Waals surface area contributed by atoms with Crippen LogP contribution in [0.1, 0.15) is 41.5 Å². The predicted octanol–water partition coefficient (Wildman–Crippen LogP) is -2.52. The number of thioether (sulfide) groups is 1. The predicted molar refractivity (Wildman–Crippen MR) is 90.8 cm³/mol. The fraction of sp³-hybridized carbons (Fsp3) is 1.00. The lowest BCUT2D eigenvalue weighted by atomic mass is 10.3. The minimum absolute atomic E-state index is 0. The van der Waals surface area contributed by atoms with E-state index < -0.39 is 0 Å². The molecule has 0 saturated carbocycles. The molecular weight excluding hydrogens is 506 g/mol. The smallest absolute Gasteiger partial charge is 0.0878 e. The van der Waals surface area contributed by atoms with E-state index in [4.69, 9.17) is 0 Å². The summed E-state index contributed by atoms with van der Waals surface area (Å²) < 4.78 is 2.59. The molecule has 0 bridgehead atoms. The van der Waals surface area contributed by atoms with Crippen LogP contribution in [0.25, 0.3) is 0 Å². The van der Waals surface area contributed by atoms with Gasteiger partial charge in [-0.05, 0) is 41.5 Å². The van der Waals surface area contributed by atoms with Crippen molar-refractivity contribution in [2.24, 2.45) is 0 Å². The average molecular weight is 544 g/mol. The van der Waals surface area contributed by atoms with Gasteiger partial charge in [0.05, 0.1) is 52.4 Å². The van der Waals surface area contributed by atoms with Gasteiger partial charge in [0.2, 0.25) is 0 Å². The zero-order chi connectivity index (χ0) is 14.8. The Bertz CT molecular complexity index is 182. The third kappa shape index (κ3) is 9.57. The standard InChI is InChI=1S/C16H38N2S.2HI/c1-7-17(8-2,9-3)13-15-19-16-14-18(10-4,11-5)12-6;;/h7-16H2,1-6H3;2*1H/q+2;;/p-2. The molecule has 132 valence electrons. The monoisotopic (exact) mass is 544 g/mol. The Hall–Kier alpha value is 1.73. The number of halogens is 2. The molecule has 21 heavy (non-hydrogen) atoms. The second-order valence-electron chi connectivity index (χ2n) is 5.64. The molecule has 2 nitrogen and oxygen atoms in total. The second kappa shape index (κ2) is 15.3. The van der Waals surface area contributed by atoms with Crippen LogP contribution >= 0.6 is 11.8 Å². The Morgan fingerprint density at radius 2 is 0.762 bits per heavy atom. The van der Waals surface area contributed by atoms with Crippen LogP contribution in [0.4, 0.5) is 0 Å². The Labute approximate surface area is 173 Å². The van der Waals surface area contributed by atoms with Crippen molar-refractivity contribution >= 4 is 11.8 Å². The Balaban J connectivity index is -0.00000162. The summed E-state index contributed by atoms with van der Waals surface area (Å²) in [5.41, 5.74) is 0. The molecule has 0 radical (unpaired) electrons. The lowest BCUT2D eigenvalue weighted by molar-refractivity contribution is -0.921. The largest absolute Gasteiger partial charge is 1.00 e. The molecule has 5 heteroatoms. The number of hydrogen-bond donors (Lipinski definition) is 0. The van der Waals surface area contributed by atoms with Crippen molar-refractivity contribution in [1.29, 1.82) is 0 Å². The Kier molecular flexibility index (Phi) is 20.0. The quantitative estimate of drug-likeness (QED) is 0.149. The van der Waals surface area contributed by atoms with Crippen LogP contribution < -0.4 is 48.0 Å². The molecule has 0 fully saturated rings. The molecule has 0 aliphatic rings. The number of nitrogens with zero attached hydrogens (tertiary/aromatic N) is 2. The molecule has 0 amide bonds. The summed E-state index contributed by atoms with van der Waals surface area (Å²) >= 11 is 2.17. The van der Waals surface area contributed by atoms with E-state index in [2.05, 4.69) is 53.3 Å². The minimum Gasteiger partial charge on any atom is -1.00 e. The van der Waals surface area contributed by atoms with Gasteiger partial charge in [-0.3, -0.25) is 0 Å². The second-order valence-corrected chi connectivity index (χ2v) is 6.86. The summed E-state index contributed by atoms with van der Waals surface area (Å²) in [6, 6.07) is 0. The highest BCUT2D eigenvalue weighted by Gasteiger charge is 2.22. The molecule has 0 N–H and O–H groups in total. The molecule has 0 atom stereocenters. The Morgan fingerprint density at radius 3 is 0.952 bits per heavy atom. The van der Waals surface area contributed by atoms with Gasteiger partial charge in [-0.15, -0.1) is 0 Å². The summed E-state index contributed by atoms with van der Waals surface area (Å²) in [4.78, 5) is 0. The maximum Gasteiger partial charge on any atom is 0.0878 e. The highest BCUT2D eigenvalue weighted by Crippen LogP contribution is 2.12. The molecule has 0 aromatic carbocycles. The van der Waals surface area contributed by atoms with E-state index in [0.717, 1.165) is 0 Å². The van der Waals surface area contributed by atoms with Gasteiger partial charge in [-0.25, -0.2) is 0 Å². The van der Waals surface area contributed by atoms with Crippen LogP contribution in [0, 0.1) is 0 Å². The van der Waals surface area contributed by atoms with Gasteiger partial charge >= 0.3 is 0 Å². The highest BCUT2D eigenvalue weighted by atomic mass is 127. The molecule has 0 rings (SSSR count). The summed E-state index contributed by atoms with van der Waals surface area (Å²) in [6.45, 7) is 24.4. The van der Waals surface area contributed by atoms with Gasteiger partial charge in [-0.1, -0.05) is 0 Å². The Morgan fingerprint density at radius 1 is 0.524 bits per heavy atom. The lowest BCUT2D eigenvalue weighted by Crippen LogP contribution is -3.00. The van der Waals surface area contributed by atoms with Gasteiger partial charge in [0.1, 0.15) is 0 Å². The minimum atomic E-state index is 0. The highest BCUT2D eigenvalue weighted by molar-refractivity contribution is 7.99. The molecule has 0 aromatic rings. The summed E-state index contributed by atoms with van der Waals surface area (Å²) in [7, 11) is 0. The van der Waals surface area contributed by atoms with E-state index in [9.17, 15) is 0 Å². The van der Waals surface area contributed by atoms with Crippen LogP contribution in [0.3, 0.4) is 0 Å². The first-order valence-corrected chi connectivity index (χ1v) is 9.50. The van der Waals surface area contributed by atoms with Crippen LogP contribution in [-0.4, -0.2) is 72.8 Å². The number of hydrogen-bond acceptors (Lipinski definition) is 1. The van der Waals surface area contributed by atoms with Crippen molar-refractivity contribution in [3.8, 4) is 0 Å². The van der Waals surface area contributed by atoms with Crippen molar-refractivity contribution in [1.82, 2.24) is 0 Å². The zero-order valence-electron chi connectivity index (χ0n) is 15.1. The summed E-state index contributed by atoms with van der Waals surface area (Å²) in [5, 5.41) is 0. The van der Waals surface area contributed by atoms with Crippen molar-refractivity contribution in [2.75, 3.05) is 63.9 Å². The van der Waals surface area contributed by atoms with Crippen molar-refractivity contribution in [3.05, 3.63) is 0 Å². The third-order valence-electron chi connectivity index (χ3n) is 5.44. The maximum atomic E-state index is 2.34. The first-order chi connectivity index (χ1) is 9.07. The van der Waals surface area contributed by atoms with Gasteiger partial charge in [0, 0.05) is 11.5 Å². The fourth-order valence-corrected chi connectivity index (χ4v) is 4.15. The number of rotatable bonds is 12. The van der Waals surface area contributed by atoms with Gasteiger partial charge in [-0.2, -0.15) is 11.8 Å². The van der Waals surface area contributed by atoms with Crippen molar-refractivity contribution in [2.45, 2.75) is 41.5 Å². The first kappa shape index (κ1) is 27.6. The SMILES string of the molecule is CC[N+](CC)(CC)CCSCC[N+](CC)(CC)CC.[I-].[I-]. The van der Waals surface area contributed by atoms with Gasteiger partial charge in [0.15, 0.2) is 0 Å².